The number of carbonyl (C=O) groups excluding carboxylic acids is 2. The molecule has 0 amide bonds. The molecule has 0 aliphatic heterocycles. The van der Waals surface area contributed by atoms with Crippen molar-refractivity contribution < 1.29 is 24.2 Å². The molecule has 0 radical (unpaired) electrons. The normalized spacial score (nSPS) is 13.7. The molecule has 0 aromatic carbocycles. The highest BCUT2D eigenvalue weighted by atomic mass is 79.9. The van der Waals surface area contributed by atoms with E-state index in [1.54, 1.807) is 20.8 Å². The molecule has 0 spiro atoms. The van der Waals surface area contributed by atoms with Crippen molar-refractivity contribution in [2.45, 2.75) is 232 Å². The Kier molecular flexibility index (Phi) is 37.8. The van der Waals surface area contributed by atoms with Gasteiger partial charge in [0.1, 0.15) is 12.2 Å². The maximum Gasteiger partial charge on any atom is 0.306 e. The number of hydrogen-bond donors (Lipinski definition) is 2. The van der Waals surface area contributed by atoms with Gasteiger partial charge in [0.15, 0.2) is 0 Å². The minimum Gasteiger partial charge on any atom is -0.459 e. The Labute approximate surface area is 326 Å². The van der Waals surface area contributed by atoms with Crippen LogP contribution < -0.4 is 5.73 Å². The summed E-state index contributed by atoms with van der Waals surface area (Å²) in [6, 6.07) is 0. The zero-order valence-corrected chi connectivity index (χ0v) is 35.8. The SMILES string of the molecule is Br.CCCCCCCC/C=C\CCCCCCCC(=O)OC(C)C(OC(=O)CCCCCCC/C=C\CCCCCCCC)C(CO)C(C)(C)N. The summed E-state index contributed by atoms with van der Waals surface area (Å²) in [6.45, 7) is 9.61. The van der Waals surface area contributed by atoms with Crippen LogP contribution in [0.1, 0.15) is 214 Å². The largest absolute Gasteiger partial charge is 0.459 e. The fourth-order valence-corrected chi connectivity index (χ4v) is 6.49. The van der Waals surface area contributed by atoms with Gasteiger partial charge < -0.3 is 20.3 Å². The maximum atomic E-state index is 12.9. The molecule has 0 aromatic rings. The third-order valence-electron chi connectivity index (χ3n) is 9.88. The quantitative estimate of drug-likeness (QED) is 0.0373. The number of aliphatic hydroxyl groups is 1. The van der Waals surface area contributed by atoms with Gasteiger partial charge >= 0.3 is 11.9 Å². The van der Waals surface area contributed by atoms with E-state index in [1.807, 2.05) is 0 Å². The Morgan fingerprint density at radius 1 is 0.569 bits per heavy atom. The Morgan fingerprint density at radius 2 is 0.882 bits per heavy atom. The number of carbonyl (C=O) groups is 2. The Balaban J connectivity index is 0. The van der Waals surface area contributed by atoms with Crippen LogP contribution in [0.3, 0.4) is 0 Å². The van der Waals surface area contributed by atoms with Gasteiger partial charge in [-0.2, -0.15) is 0 Å². The first-order valence-corrected chi connectivity index (χ1v) is 21.3. The lowest BCUT2D eigenvalue weighted by atomic mass is 9.82. The summed E-state index contributed by atoms with van der Waals surface area (Å²) in [5.74, 6) is -1.17. The fraction of sp³-hybridized carbons (Fsp3) is 0.864. The van der Waals surface area contributed by atoms with Crippen molar-refractivity contribution in [1.82, 2.24) is 0 Å². The summed E-state index contributed by atoms with van der Waals surface area (Å²) in [7, 11) is 0. The number of unbranched alkanes of at least 4 members (excludes halogenated alkanes) is 22. The van der Waals surface area contributed by atoms with E-state index in [4.69, 9.17) is 15.2 Å². The molecule has 6 nitrogen and oxygen atoms in total. The lowest BCUT2D eigenvalue weighted by Gasteiger charge is -2.37. The van der Waals surface area contributed by atoms with Gasteiger partial charge in [0, 0.05) is 24.3 Å². The number of nitrogens with two attached hydrogens (primary N) is 1. The number of allylic oxidation sites excluding steroid dienone is 4. The molecule has 51 heavy (non-hydrogen) atoms. The zero-order chi connectivity index (χ0) is 37.1. The molecule has 302 valence electrons. The number of aliphatic hydroxyl groups excluding tert-OH is 1. The second-order valence-corrected chi connectivity index (χ2v) is 15.4. The summed E-state index contributed by atoms with van der Waals surface area (Å²) < 4.78 is 11.6. The third kappa shape index (κ3) is 33.1. The summed E-state index contributed by atoms with van der Waals surface area (Å²) in [4.78, 5) is 25.6. The lowest BCUT2D eigenvalue weighted by molar-refractivity contribution is -0.175. The molecule has 0 aromatic heterocycles. The number of esters is 2. The van der Waals surface area contributed by atoms with Crippen LogP contribution in [-0.4, -0.2) is 41.4 Å². The topological polar surface area (TPSA) is 98.8 Å². The first-order chi connectivity index (χ1) is 24.2. The van der Waals surface area contributed by atoms with Crippen LogP contribution in [0.4, 0.5) is 0 Å². The van der Waals surface area contributed by atoms with Gasteiger partial charge in [0.25, 0.3) is 0 Å². The van der Waals surface area contributed by atoms with E-state index in [1.165, 1.54) is 109 Å². The van der Waals surface area contributed by atoms with Crippen molar-refractivity contribution in [3.63, 3.8) is 0 Å². The molecular formula is C44H84BrNO5. The summed E-state index contributed by atoms with van der Waals surface area (Å²) in [5, 5.41) is 10.2. The number of ether oxygens (including phenoxy) is 2. The first-order valence-electron chi connectivity index (χ1n) is 21.3. The summed E-state index contributed by atoms with van der Waals surface area (Å²) in [6.07, 6.45) is 39.7. The molecule has 0 heterocycles. The van der Waals surface area contributed by atoms with Crippen molar-refractivity contribution in [2.24, 2.45) is 11.7 Å². The van der Waals surface area contributed by atoms with Gasteiger partial charge in [-0.05, 0) is 85.0 Å². The smallest absolute Gasteiger partial charge is 0.306 e. The summed E-state index contributed by atoms with van der Waals surface area (Å²) >= 11 is 0. The van der Waals surface area contributed by atoms with E-state index in [2.05, 4.69) is 38.2 Å². The van der Waals surface area contributed by atoms with Crippen molar-refractivity contribution in [2.75, 3.05) is 6.61 Å². The zero-order valence-electron chi connectivity index (χ0n) is 34.1. The highest BCUT2D eigenvalue weighted by Gasteiger charge is 2.39. The summed E-state index contributed by atoms with van der Waals surface area (Å²) in [5.41, 5.74) is 5.56. The Morgan fingerprint density at radius 3 is 1.22 bits per heavy atom. The maximum absolute atomic E-state index is 12.9. The Bertz CT molecular complexity index is 840. The molecule has 3 atom stereocenters. The van der Waals surface area contributed by atoms with E-state index in [0.717, 1.165) is 57.8 Å². The van der Waals surface area contributed by atoms with Gasteiger partial charge in [-0.25, -0.2) is 0 Å². The van der Waals surface area contributed by atoms with Crippen LogP contribution in [0.5, 0.6) is 0 Å². The van der Waals surface area contributed by atoms with Gasteiger partial charge in [-0.1, -0.05) is 141 Å². The molecule has 7 heteroatoms. The molecule has 0 saturated heterocycles. The number of rotatable bonds is 36. The van der Waals surface area contributed by atoms with E-state index in [-0.39, 0.29) is 35.5 Å². The van der Waals surface area contributed by atoms with E-state index >= 15 is 0 Å². The van der Waals surface area contributed by atoms with Crippen LogP contribution >= 0.6 is 17.0 Å². The first kappa shape index (κ1) is 51.9. The van der Waals surface area contributed by atoms with Crippen molar-refractivity contribution in [3.8, 4) is 0 Å². The van der Waals surface area contributed by atoms with Gasteiger partial charge in [0.05, 0.1) is 6.61 Å². The van der Waals surface area contributed by atoms with E-state index in [0.29, 0.717) is 12.8 Å². The second-order valence-electron chi connectivity index (χ2n) is 15.4. The monoisotopic (exact) mass is 786 g/mol. The molecular weight excluding hydrogens is 702 g/mol. The van der Waals surface area contributed by atoms with Crippen LogP contribution in [0.25, 0.3) is 0 Å². The minimum atomic E-state index is -0.813. The van der Waals surface area contributed by atoms with Crippen molar-refractivity contribution in [1.29, 1.82) is 0 Å². The van der Waals surface area contributed by atoms with E-state index < -0.39 is 23.7 Å². The standard InChI is InChI=1S/C44H83NO5.BrH/c1-6-8-10-12-14-16-18-20-22-24-26-28-30-32-34-36-41(47)49-39(3)43(40(38-46)44(4,5)45)50-42(48)37-35-33-31-29-27-25-23-21-19-17-15-13-11-9-7-2;/h20-23,39-40,43,46H,6-19,24-38,45H2,1-5H3;1H/b22-20-,23-21-;. The molecule has 3 N–H and O–H groups in total. The fourth-order valence-electron chi connectivity index (χ4n) is 6.49. The highest BCUT2D eigenvalue weighted by Crippen LogP contribution is 2.25. The predicted molar refractivity (Wildman–Crippen MR) is 224 cm³/mol. The van der Waals surface area contributed by atoms with Crippen LogP contribution in [-0.2, 0) is 19.1 Å². The van der Waals surface area contributed by atoms with Gasteiger partial charge in [0.2, 0.25) is 0 Å². The minimum absolute atomic E-state index is 0. The third-order valence-corrected chi connectivity index (χ3v) is 9.88. The Hall–Kier alpha value is -1.18. The molecule has 0 bridgehead atoms. The van der Waals surface area contributed by atoms with Crippen LogP contribution in [0.2, 0.25) is 0 Å². The van der Waals surface area contributed by atoms with Crippen LogP contribution in [0.15, 0.2) is 24.3 Å². The molecule has 3 unspecified atom stereocenters. The second kappa shape index (κ2) is 37.1. The average Bonchev–Trinajstić information content (AvgIpc) is 3.07. The van der Waals surface area contributed by atoms with Crippen molar-refractivity contribution in [3.05, 3.63) is 24.3 Å². The van der Waals surface area contributed by atoms with Gasteiger partial charge in [-0.15, -0.1) is 17.0 Å². The van der Waals surface area contributed by atoms with E-state index in [9.17, 15) is 14.7 Å². The highest BCUT2D eigenvalue weighted by molar-refractivity contribution is 8.93. The molecule has 0 saturated carbocycles. The molecule has 0 rings (SSSR count). The molecule has 0 aliphatic carbocycles. The predicted octanol–water partition coefficient (Wildman–Crippen LogP) is 12.8. The average molecular weight is 787 g/mol. The van der Waals surface area contributed by atoms with Crippen LogP contribution in [0, 0.1) is 5.92 Å². The number of hydrogen-bond acceptors (Lipinski definition) is 6. The molecule has 0 fully saturated rings. The number of halogens is 1. The molecule has 0 aliphatic rings. The van der Waals surface area contributed by atoms with Gasteiger partial charge in [-0.3, -0.25) is 9.59 Å². The lowest BCUT2D eigenvalue weighted by Crippen LogP contribution is -2.53. The van der Waals surface area contributed by atoms with Crippen molar-refractivity contribution >= 4 is 28.9 Å².